The molecule has 1 aliphatic heterocycles. The van der Waals surface area contributed by atoms with Gasteiger partial charge in [0.05, 0.1) is 5.54 Å². The highest BCUT2D eigenvalue weighted by Gasteiger charge is 2.46. The van der Waals surface area contributed by atoms with Gasteiger partial charge in [0.25, 0.3) is 0 Å². The fraction of sp³-hybridized carbons (Fsp3) is 0.350. The number of pyridine rings is 1. The summed E-state index contributed by atoms with van der Waals surface area (Å²) in [6.45, 7) is 4.50. The van der Waals surface area contributed by atoms with Crippen molar-refractivity contribution in [1.82, 2.24) is 9.88 Å². The zero-order chi connectivity index (χ0) is 18.0. The number of piperidine rings is 1. The molecule has 1 aromatic carbocycles. The van der Waals surface area contributed by atoms with Crippen molar-refractivity contribution >= 4 is 11.8 Å². The molecule has 5 heteroatoms. The lowest BCUT2D eigenvalue weighted by Crippen LogP contribution is -2.56. The van der Waals surface area contributed by atoms with E-state index in [-0.39, 0.29) is 0 Å². The van der Waals surface area contributed by atoms with E-state index in [1.807, 2.05) is 38.1 Å². The van der Waals surface area contributed by atoms with E-state index in [1.165, 1.54) is 0 Å². The number of benzene rings is 1. The third-order valence-corrected chi connectivity index (χ3v) is 4.94. The van der Waals surface area contributed by atoms with Crippen LogP contribution < -0.4 is 5.73 Å². The molecule has 0 aliphatic carbocycles. The third-order valence-electron chi connectivity index (χ3n) is 4.94. The maximum Gasteiger partial charge on any atom is 0.312 e. The number of primary amides is 1. The highest BCUT2D eigenvalue weighted by atomic mass is 16.2. The van der Waals surface area contributed by atoms with Crippen molar-refractivity contribution in [3.63, 3.8) is 0 Å². The molecule has 3 rings (SSSR count). The van der Waals surface area contributed by atoms with E-state index in [0.717, 1.165) is 41.5 Å². The molecule has 1 fully saturated rings. The maximum absolute atomic E-state index is 12.7. The van der Waals surface area contributed by atoms with Crippen LogP contribution in [-0.2, 0) is 15.1 Å². The molecule has 2 N–H and O–H groups in total. The molecule has 2 heterocycles. The van der Waals surface area contributed by atoms with Gasteiger partial charge in [-0.3, -0.25) is 14.6 Å². The van der Waals surface area contributed by atoms with Gasteiger partial charge >= 0.3 is 11.8 Å². The van der Waals surface area contributed by atoms with E-state index >= 15 is 0 Å². The van der Waals surface area contributed by atoms with Crippen LogP contribution >= 0.6 is 0 Å². The number of aromatic nitrogens is 1. The number of aryl methyl sites for hydroxylation is 2. The molecule has 1 atom stereocenters. The lowest BCUT2D eigenvalue weighted by Gasteiger charge is -2.47. The van der Waals surface area contributed by atoms with Gasteiger partial charge < -0.3 is 10.6 Å². The summed E-state index contributed by atoms with van der Waals surface area (Å²) in [5.41, 5.74) is 8.68. The first kappa shape index (κ1) is 17.1. The summed E-state index contributed by atoms with van der Waals surface area (Å²) >= 11 is 0. The Kier molecular flexibility index (Phi) is 4.57. The van der Waals surface area contributed by atoms with Crippen molar-refractivity contribution < 1.29 is 9.59 Å². The smallest absolute Gasteiger partial charge is 0.312 e. The number of rotatable bonds is 2. The van der Waals surface area contributed by atoms with Gasteiger partial charge in [-0.05, 0) is 44.2 Å². The van der Waals surface area contributed by atoms with Gasteiger partial charge in [-0.25, -0.2) is 0 Å². The molecule has 0 radical (unpaired) electrons. The maximum atomic E-state index is 12.7. The number of carbonyl (C=O) groups is 2. The summed E-state index contributed by atoms with van der Waals surface area (Å²) in [6, 6.07) is 10.1. The first-order valence-corrected chi connectivity index (χ1v) is 8.56. The van der Waals surface area contributed by atoms with Gasteiger partial charge in [0.1, 0.15) is 0 Å². The second kappa shape index (κ2) is 6.67. The van der Waals surface area contributed by atoms with Crippen LogP contribution in [-0.4, -0.2) is 28.2 Å². The van der Waals surface area contributed by atoms with E-state index in [2.05, 4.69) is 11.1 Å². The first-order valence-electron chi connectivity index (χ1n) is 8.56. The Hall–Kier alpha value is -2.69. The summed E-state index contributed by atoms with van der Waals surface area (Å²) in [7, 11) is 0. The summed E-state index contributed by atoms with van der Waals surface area (Å²) in [4.78, 5) is 30.3. The third kappa shape index (κ3) is 3.02. The Morgan fingerprint density at radius 3 is 2.52 bits per heavy atom. The zero-order valence-electron chi connectivity index (χ0n) is 14.7. The van der Waals surface area contributed by atoms with Crippen LogP contribution in [0, 0.1) is 13.8 Å². The molecule has 130 valence electrons. The average Bonchev–Trinajstić information content (AvgIpc) is 2.61. The van der Waals surface area contributed by atoms with E-state index < -0.39 is 17.4 Å². The predicted octanol–water partition coefficient (Wildman–Crippen LogP) is 2.44. The molecule has 1 unspecified atom stereocenters. The molecular weight excluding hydrogens is 314 g/mol. The minimum absolute atomic E-state index is 0.504. The van der Waals surface area contributed by atoms with Crippen LogP contribution in [0.2, 0.25) is 0 Å². The molecule has 2 aromatic rings. The number of nitrogens with two attached hydrogens (primary N) is 1. The van der Waals surface area contributed by atoms with Gasteiger partial charge in [0, 0.05) is 24.5 Å². The van der Waals surface area contributed by atoms with Gasteiger partial charge in [0.15, 0.2) is 0 Å². The highest BCUT2D eigenvalue weighted by Crippen LogP contribution is 2.43. The minimum Gasteiger partial charge on any atom is -0.361 e. The van der Waals surface area contributed by atoms with E-state index in [0.29, 0.717) is 6.54 Å². The van der Waals surface area contributed by atoms with Crippen molar-refractivity contribution in [2.24, 2.45) is 5.73 Å². The van der Waals surface area contributed by atoms with Crippen LogP contribution in [0.3, 0.4) is 0 Å². The van der Waals surface area contributed by atoms with Crippen molar-refractivity contribution in [3.8, 4) is 0 Å². The molecule has 2 amide bonds. The van der Waals surface area contributed by atoms with E-state index in [9.17, 15) is 9.59 Å². The summed E-state index contributed by atoms with van der Waals surface area (Å²) in [5.74, 6) is -1.55. The number of carbonyl (C=O) groups excluding carboxylic acids is 2. The standard InChI is InChI=1S/C20H23N3O2/c1-14-6-5-7-16(10-14)20(17-11-15(2)12-22-13-17)8-3-4-9-23(20)19(25)18(21)24/h5-7,10-13H,3-4,8-9H2,1-2H3,(H2,21,24). The number of hydrogen-bond donors (Lipinski definition) is 1. The largest absolute Gasteiger partial charge is 0.361 e. The molecule has 0 saturated carbocycles. The monoisotopic (exact) mass is 337 g/mol. The predicted molar refractivity (Wildman–Crippen MR) is 95.7 cm³/mol. The number of amides is 2. The SMILES string of the molecule is Cc1cccc(C2(c3cncc(C)c3)CCCCN2C(=O)C(N)=O)c1. The molecule has 0 spiro atoms. The zero-order valence-corrected chi connectivity index (χ0v) is 14.7. The Labute approximate surface area is 147 Å². The van der Waals surface area contributed by atoms with Crippen molar-refractivity contribution in [2.75, 3.05) is 6.54 Å². The Bertz CT molecular complexity index is 771. The quantitative estimate of drug-likeness (QED) is 0.855. The molecule has 0 bridgehead atoms. The lowest BCUT2D eigenvalue weighted by molar-refractivity contribution is -0.149. The van der Waals surface area contributed by atoms with E-state index in [1.54, 1.807) is 17.3 Å². The van der Waals surface area contributed by atoms with Crippen LogP contribution in [0.4, 0.5) is 0 Å². The molecule has 5 nitrogen and oxygen atoms in total. The van der Waals surface area contributed by atoms with Gasteiger partial charge in [-0.1, -0.05) is 35.9 Å². The van der Waals surface area contributed by atoms with Crippen LogP contribution in [0.15, 0.2) is 42.7 Å². The molecule has 1 aliphatic rings. The number of hydrogen-bond acceptors (Lipinski definition) is 3. The van der Waals surface area contributed by atoms with E-state index in [4.69, 9.17) is 5.73 Å². The minimum atomic E-state index is -0.917. The second-order valence-corrected chi connectivity index (χ2v) is 6.76. The van der Waals surface area contributed by atoms with Gasteiger partial charge in [-0.2, -0.15) is 0 Å². The fourth-order valence-electron chi connectivity index (χ4n) is 3.83. The van der Waals surface area contributed by atoms with Crippen LogP contribution in [0.1, 0.15) is 41.5 Å². The summed E-state index contributed by atoms with van der Waals surface area (Å²) in [6.07, 6.45) is 6.13. The number of nitrogens with zero attached hydrogens (tertiary/aromatic N) is 2. The van der Waals surface area contributed by atoms with Crippen molar-refractivity contribution in [3.05, 3.63) is 65.0 Å². The lowest BCUT2D eigenvalue weighted by atomic mass is 9.75. The Morgan fingerprint density at radius 1 is 1.08 bits per heavy atom. The highest BCUT2D eigenvalue weighted by molar-refractivity contribution is 6.34. The Morgan fingerprint density at radius 2 is 1.84 bits per heavy atom. The molecule has 1 saturated heterocycles. The average molecular weight is 337 g/mol. The van der Waals surface area contributed by atoms with Crippen LogP contribution in [0.25, 0.3) is 0 Å². The summed E-state index contributed by atoms with van der Waals surface area (Å²) < 4.78 is 0. The molecular formula is C20H23N3O2. The first-order chi connectivity index (χ1) is 11.9. The molecule has 25 heavy (non-hydrogen) atoms. The second-order valence-electron chi connectivity index (χ2n) is 6.76. The topological polar surface area (TPSA) is 76.3 Å². The van der Waals surface area contributed by atoms with Crippen molar-refractivity contribution in [1.29, 1.82) is 0 Å². The normalized spacial score (nSPS) is 20.3. The number of likely N-dealkylation sites (tertiary alicyclic amines) is 1. The summed E-state index contributed by atoms with van der Waals surface area (Å²) in [5, 5.41) is 0. The van der Waals surface area contributed by atoms with Crippen LogP contribution in [0.5, 0.6) is 0 Å². The van der Waals surface area contributed by atoms with Gasteiger partial charge in [0.2, 0.25) is 0 Å². The van der Waals surface area contributed by atoms with Gasteiger partial charge in [-0.15, -0.1) is 0 Å². The van der Waals surface area contributed by atoms with Crippen molar-refractivity contribution in [2.45, 2.75) is 38.6 Å². The fourth-order valence-corrected chi connectivity index (χ4v) is 3.83. The Balaban J connectivity index is 2.27. The molecule has 1 aromatic heterocycles.